The summed E-state index contributed by atoms with van der Waals surface area (Å²) in [5.41, 5.74) is 8.59. The number of hydrogen-bond acceptors (Lipinski definition) is 10. The van der Waals surface area contributed by atoms with Crippen molar-refractivity contribution in [3.63, 3.8) is 0 Å². The molecule has 0 bridgehead atoms. The lowest BCUT2D eigenvalue weighted by Crippen LogP contribution is -2.36. The Bertz CT molecular complexity index is 1660. The summed E-state index contributed by atoms with van der Waals surface area (Å²) < 4.78 is 11.2. The number of benzene rings is 2. The number of morpholine rings is 2. The molecule has 2 saturated heterocycles. The molecule has 2 heterocycles. The highest BCUT2D eigenvalue weighted by atomic mass is 16.6. The van der Waals surface area contributed by atoms with Gasteiger partial charge >= 0.3 is 0 Å². The summed E-state index contributed by atoms with van der Waals surface area (Å²) >= 11 is 0. The summed E-state index contributed by atoms with van der Waals surface area (Å²) in [4.78, 5) is 26.3. The predicted molar refractivity (Wildman–Crippen MR) is 176 cm³/mol. The molecule has 0 aromatic heterocycles. The smallest absolute Gasteiger partial charge is 0.270 e. The van der Waals surface area contributed by atoms with Gasteiger partial charge in [-0.1, -0.05) is 12.1 Å². The molecule has 4 aliphatic rings. The lowest BCUT2D eigenvalue weighted by atomic mass is 10.1. The van der Waals surface area contributed by atoms with Crippen molar-refractivity contribution in [1.29, 1.82) is 0 Å². The maximum absolute atomic E-state index is 11.3. The molecule has 238 valence electrons. The monoisotopic (exact) mass is 624 g/mol. The van der Waals surface area contributed by atoms with Gasteiger partial charge in [-0.2, -0.15) is 10.2 Å². The van der Waals surface area contributed by atoms with Gasteiger partial charge in [-0.3, -0.25) is 20.2 Å². The molecule has 12 heteroatoms. The average molecular weight is 625 g/mol. The first-order valence-corrected chi connectivity index (χ1v) is 15.5. The molecule has 2 aromatic rings. The Morgan fingerprint density at radius 2 is 1.13 bits per heavy atom. The van der Waals surface area contributed by atoms with Crippen LogP contribution in [0.15, 0.2) is 92.4 Å². The van der Waals surface area contributed by atoms with Crippen LogP contribution in [0.4, 0.5) is 11.4 Å². The van der Waals surface area contributed by atoms with Crippen LogP contribution in [0.25, 0.3) is 12.2 Å². The van der Waals surface area contributed by atoms with E-state index in [-0.39, 0.29) is 21.2 Å². The zero-order chi connectivity index (χ0) is 31.9. The minimum absolute atomic E-state index is 0.0729. The molecule has 2 aromatic carbocycles. The Kier molecular flexibility index (Phi) is 9.75. The van der Waals surface area contributed by atoms with Gasteiger partial charge < -0.3 is 19.3 Å². The second-order valence-corrected chi connectivity index (χ2v) is 11.5. The first kappa shape index (κ1) is 31.1. The van der Waals surface area contributed by atoms with E-state index in [0.29, 0.717) is 26.4 Å². The van der Waals surface area contributed by atoms with E-state index in [9.17, 15) is 20.2 Å². The van der Waals surface area contributed by atoms with E-state index in [4.69, 9.17) is 9.47 Å². The van der Waals surface area contributed by atoms with Crippen LogP contribution >= 0.6 is 0 Å². The molecule has 46 heavy (non-hydrogen) atoms. The summed E-state index contributed by atoms with van der Waals surface area (Å²) in [6.45, 7) is 5.69. The van der Waals surface area contributed by atoms with Crippen molar-refractivity contribution in [3.8, 4) is 0 Å². The van der Waals surface area contributed by atoms with Gasteiger partial charge in [-0.05, 0) is 83.4 Å². The van der Waals surface area contributed by atoms with Gasteiger partial charge in [-0.15, -0.1) is 0 Å². The second kappa shape index (κ2) is 14.4. The SMILES string of the molecule is O=[N+]([O-])c1ccc(C=C2CCC(C=NN=CC3=C(N4CCOCC4)C(=Cc4cccc([N+](=O)[O-])c4)CC3)=C2N2CCOCC2)cc1. The highest BCUT2D eigenvalue weighted by molar-refractivity contribution is 5.86. The zero-order valence-electron chi connectivity index (χ0n) is 25.5. The van der Waals surface area contributed by atoms with E-state index in [0.717, 1.165) is 91.1 Å². The van der Waals surface area contributed by atoms with Gasteiger partial charge in [0.2, 0.25) is 0 Å². The number of non-ortho nitro benzene ring substituents is 2. The average Bonchev–Trinajstić information content (AvgIpc) is 3.67. The molecule has 2 aliphatic carbocycles. The molecular weight excluding hydrogens is 588 g/mol. The van der Waals surface area contributed by atoms with Gasteiger partial charge in [0, 0.05) is 61.8 Å². The molecule has 0 N–H and O–H groups in total. The third-order valence-electron chi connectivity index (χ3n) is 8.56. The van der Waals surface area contributed by atoms with E-state index in [1.54, 1.807) is 24.3 Å². The molecule has 0 atom stereocenters. The normalized spacial score (nSPS) is 21.1. The van der Waals surface area contributed by atoms with Crippen LogP contribution in [0.2, 0.25) is 0 Å². The number of rotatable bonds is 9. The van der Waals surface area contributed by atoms with Crippen LogP contribution in [0.5, 0.6) is 0 Å². The van der Waals surface area contributed by atoms with Gasteiger partial charge in [0.15, 0.2) is 0 Å². The quantitative estimate of drug-likeness (QED) is 0.194. The second-order valence-electron chi connectivity index (χ2n) is 11.5. The standard InChI is InChI=1S/C34H36N6O6/c41-39(42)31-10-4-25(5-11-31)20-27-6-8-29(33(27)37-12-16-45-17-13-37)23-35-36-24-30-9-7-28(34(30)38-14-18-46-19-15-38)21-26-2-1-3-32(22-26)40(43)44/h1-5,10-11,20-24H,6-9,12-19H2. The lowest BCUT2D eigenvalue weighted by molar-refractivity contribution is -0.385. The van der Waals surface area contributed by atoms with Crippen LogP contribution < -0.4 is 0 Å². The van der Waals surface area contributed by atoms with Crippen LogP contribution in [0.3, 0.4) is 0 Å². The summed E-state index contributed by atoms with van der Waals surface area (Å²) in [6, 6.07) is 13.3. The Labute approximate surface area is 267 Å². The van der Waals surface area contributed by atoms with Crippen LogP contribution in [0, 0.1) is 20.2 Å². The van der Waals surface area contributed by atoms with E-state index in [1.807, 2.05) is 24.6 Å². The third kappa shape index (κ3) is 7.30. The number of allylic oxidation sites excluding steroid dienone is 4. The molecule has 6 rings (SSSR count). The first-order chi connectivity index (χ1) is 22.5. The van der Waals surface area contributed by atoms with E-state index in [1.165, 1.54) is 23.8 Å². The number of nitro benzene ring substituents is 2. The maximum atomic E-state index is 11.3. The van der Waals surface area contributed by atoms with E-state index < -0.39 is 0 Å². The van der Waals surface area contributed by atoms with Gasteiger partial charge in [0.05, 0.1) is 48.7 Å². The zero-order valence-corrected chi connectivity index (χ0v) is 25.5. The van der Waals surface area contributed by atoms with Crippen molar-refractivity contribution < 1.29 is 19.3 Å². The molecule has 0 saturated carbocycles. The fraction of sp³-hybridized carbons (Fsp3) is 0.353. The topological polar surface area (TPSA) is 136 Å². The van der Waals surface area contributed by atoms with Crippen molar-refractivity contribution in [2.24, 2.45) is 10.2 Å². The fourth-order valence-electron chi connectivity index (χ4n) is 6.37. The Morgan fingerprint density at radius 1 is 0.630 bits per heavy atom. The highest BCUT2D eigenvalue weighted by Gasteiger charge is 2.27. The molecule has 0 amide bonds. The fourth-order valence-corrected chi connectivity index (χ4v) is 6.37. The maximum Gasteiger partial charge on any atom is 0.270 e. The molecule has 0 unspecified atom stereocenters. The minimum Gasteiger partial charge on any atom is -0.378 e. The van der Waals surface area contributed by atoms with Crippen LogP contribution in [-0.4, -0.2) is 84.7 Å². The Balaban J connectivity index is 1.27. The first-order valence-electron chi connectivity index (χ1n) is 15.5. The van der Waals surface area contributed by atoms with Gasteiger partial charge in [-0.25, -0.2) is 0 Å². The Hall–Kier alpha value is -4.94. The molecule has 2 aliphatic heterocycles. The van der Waals surface area contributed by atoms with Crippen LogP contribution in [0.1, 0.15) is 36.8 Å². The number of ether oxygens (including phenoxy) is 2. The molecular formula is C34H36N6O6. The predicted octanol–water partition coefficient (Wildman–Crippen LogP) is 5.79. The largest absolute Gasteiger partial charge is 0.378 e. The van der Waals surface area contributed by atoms with Gasteiger partial charge in [0.1, 0.15) is 0 Å². The number of hydrogen-bond donors (Lipinski definition) is 0. The number of nitrogens with zero attached hydrogens (tertiary/aromatic N) is 6. The third-order valence-corrected chi connectivity index (χ3v) is 8.56. The summed E-state index contributed by atoms with van der Waals surface area (Å²) in [5.74, 6) is 0. The summed E-state index contributed by atoms with van der Waals surface area (Å²) in [7, 11) is 0. The van der Waals surface area contributed by atoms with Crippen LogP contribution in [-0.2, 0) is 9.47 Å². The summed E-state index contributed by atoms with van der Waals surface area (Å²) in [5, 5.41) is 31.4. The van der Waals surface area contributed by atoms with Crippen molar-refractivity contribution in [1.82, 2.24) is 9.80 Å². The molecule has 2 fully saturated rings. The van der Waals surface area contributed by atoms with Crippen molar-refractivity contribution in [2.45, 2.75) is 25.7 Å². The number of nitro groups is 2. The molecule has 0 radical (unpaired) electrons. The van der Waals surface area contributed by atoms with E-state index >= 15 is 0 Å². The van der Waals surface area contributed by atoms with Crippen molar-refractivity contribution in [3.05, 3.63) is 114 Å². The minimum atomic E-state index is -0.388. The summed E-state index contributed by atoms with van der Waals surface area (Å²) in [6.07, 6.45) is 11.1. The van der Waals surface area contributed by atoms with Crippen molar-refractivity contribution in [2.75, 3.05) is 52.6 Å². The van der Waals surface area contributed by atoms with Gasteiger partial charge in [0.25, 0.3) is 11.4 Å². The Morgan fingerprint density at radius 3 is 1.63 bits per heavy atom. The lowest BCUT2D eigenvalue weighted by Gasteiger charge is -2.31. The molecule has 0 spiro atoms. The molecule has 12 nitrogen and oxygen atoms in total. The highest BCUT2D eigenvalue weighted by Crippen LogP contribution is 2.37. The van der Waals surface area contributed by atoms with E-state index in [2.05, 4.69) is 26.1 Å². The van der Waals surface area contributed by atoms with Crippen molar-refractivity contribution >= 4 is 36.0 Å².